The predicted octanol–water partition coefficient (Wildman–Crippen LogP) is 14.0. The first kappa shape index (κ1) is 39.0. The number of allylic oxidation sites excluding steroid dienone is 1. The molecular formula is C53H58N4O. The maximum Gasteiger partial charge on any atom is 0.137 e. The van der Waals surface area contributed by atoms with Crippen LogP contribution in [-0.2, 0) is 21.7 Å². The Bertz CT molecular complexity index is 2660. The van der Waals surface area contributed by atoms with E-state index >= 15 is 0 Å². The van der Waals surface area contributed by atoms with Gasteiger partial charge in [0, 0.05) is 57.8 Å². The summed E-state index contributed by atoms with van der Waals surface area (Å²) in [5, 5.41) is 2.39. The summed E-state index contributed by atoms with van der Waals surface area (Å²) in [6.45, 7) is 25.7. The highest BCUT2D eigenvalue weighted by molar-refractivity contribution is 6.09. The van der Waals surface area contributed by atoms with E-state index in [0.29, 0.717) is 6.67 Å². The molecule has 0 N–H and O–H groups in total. The molecule has 0 spiro atoms. The van der Waals surface area contributed by atoms with Crippen LogP contribution in [0.5, 0.6) is 11.5 Å². The van der Waals surface area contributed by atoms with E-state index in [9.17, 15) is 0 Å². The van der Waals surface area contributed by atoms with Crippen LogP contribution in [0.4, 0.5) is 11.4 Å². The van der Waals surface area contributed by atoms with Gasteiger partial charge in [0.2, 0.25) is 0 Å². The minimum absolute atomic E-state index is 0.00870. The predicted molar refractivity (Wildman–Crippen MR) is 245 cm³/mol. The summed E-state index contributed by atoms with van der Waals surface area (Å²) in [5.41, 5.74) is 10.7. The van der Waals surface area contributed by atoms with E-state index < -0.39 is 0 Å². The molecule has 0 atom stereocenters. The zero-order valence-corrected chi connectivity index (χ0v) is 36.2. The molecular weight excluding hydrogens is 709 g/mol. The van der Waals surface area contributed by atoms with E-state index in [1.165, 1.54) is 44.4 Å². The van der Waals surface area contributed by atoms with Gasteiger partial charge in [-0.15, -0.1) is 0 Å². The smallest absolute Gasteiger partial charge is 0.137 e. The number of hydrogen-bond acceptors (Lipinski definition) is 4. The summed E-state index contributed by atoms with van der Waals surface area (Å²) in [6.07, 6.45) is 4.26. The molecule has 3 heterocycles. The quantitative estimate of drug-likeness (QED) is 0.162. The molecule has 2 aromatic heterocycles. The van der Waals surface area contributed by atoms with Gasteiger partial charge in [0.1, 0.15) is 17.3 Å². The van der Waals surface area contributed by atoms with E-state index in [-0.39, 0.29) is 21.7 Å². The number of ether oxygens (including phenoxy) is 1. The van der Waals surface area contributed by atoms with Gasteiger partial charge in [-0.25, -0.2) is 4.98 Å². The number of pyridine rings is 1. The Morgan fingerprint density at radius 2 is 1.14 bits per heavy atom. The fourth-order valence-electron chi connectivity index (χ4n) is 8.15. The molecule has 0 radical (unpaired) electrons. The normalized spacial score (nSPS) is 14.1. The van der Waals surface area contributed by atoms with Crippen LogP contribution in [0.2, 0.25) is 0 Å². The molecule has 0 amide bonds. The highest BCUT2D eigenvalue weighted by Gasteiger charge is 2.36. The van der Waals surface area contributed by atoms with E-state index in [0.717, 1.165) is 34.0 Å². The minimum atomic E-state index is -0.245. The molecule has 0 saturated carbocycles. The maximum absolute atomic E-state index is 6.76. The van der Waals surface area contributed by atoms with Gasteiger partial charge in [-0.3, -0.25) is 4.57 Å². The lowest BCUT2D eigenvalue weighted by atomic mass is 9.81. The second-order valence-corrected chi connectivity index (χ2v) is 19.6. The lowest BCUT2D eigenvalue weighted by Gasteiger charge is -2.34. The molecule has 0 unspecified atom stereocenters. The van der Waals surface area contributed by atoms with Crippen LogP contribution in [0, 0.1) is 0 Å². The minimum Gasteiger partial charge on any atom is -0.457 e. The van der Waals surface area contributed by atoms with Crippen molar-refractivity contribution >= 4 is 33.2 Å². The van der Waals surface area contributed by atoms with E-state index in [1.807, 2.05) is 12.3 Å². The first-order chi connectivity index (χ1) is 27.4. The molecule has 0 fully saturated rings. The van der Waals surface area contributed by atoms with Crippen LogP contribution in [0.25, 0.3) is 27.6 Å². The monoisotopic (exact) mass is 766 g/mol. The fraction of sp³-hybridized carbons (Fsp3) is 0.302. The molecule has 1 aliphatic heterocycles. The summed E-state index contributed by atoms with van der Waals surface area (Å²) < 4.78 is 9.06. The molecule has 0 aliphatic carbocycles. The van der Waals surface area contributed by atoms with Crippen molar-refractivity contribution in [3.8, 4) is 17.3 Å². The van der Waals surface area contributed by atoms with Crippen molar-refractivity contribution in [1.29, 1.82) is 0 Å². The number of fused-ring (bicyclic) bond motifs is 3. The molecule has 296 valence electrons. The van der Waals surface area contributed by atoms with E-state index in [1.54, 1.807) is 0 Å². The Labute approximate surface area is 345 Å². The molecule has 8 rings (SSSR count). The molecule has 58 heavy (non-hydrogen) atoms. The van der Waals surface area contributed by atoms with Gasteiger partial charge in [-0.05, 0) is 99.2 Å². The Balaban J connectivity index is 1.18. The molecule has 0 bridgehead atoms. The lowest BCUT2D eigenvalue weighted by Crippen LogP contribution is -2.34. The SMILES string of the molecule is CC(C)(C)c1cccc(N2CN(c3cccc(Oc4ccc5c6cc(C(C)(C)C)ccc6n(-c6cc(C(C)(C)C)ccn6)c5c4)c3)C=C2C(C)(C)c2ccccc2)c1. The Hall–Kier alpha value is -5.81. The van der Waals surface area contributed by atoms with Gasteiger partial charge in [-0.2, -0.15) is 0 Å². The lowest BCUT2D eigenvalue weighted by molar-refractivity contribution is 0.483. The average molecular weight is 767 g/mol. The van der Waals surface area contributed by atoms with Crippen molar-refractivity contribution in [2.24, 2.45) is 0 Å². The van der Waals surface area contributed by atoms with Gasteiger partial charge in [0.25, 0.3) is 0 Å². The van der Waals surface area contributed by atoms with Crippen molar-refractivity contribution in [2.75, 3.05) is 16.5 Å². The highest BCUT2D eigenvalue weighted by Crippen LogP contribution is 2.43. The van der Waals surface area contributed by atoms with Crippen LogP contribution in [-0.4, -0.2) is 16.2 Å². The summed E-state index contributed by atoms with van der Waals surface area (Å²) in [5.74, 6) is 2.47. The molecule has 7 aromatic rings. The zero-order valence-electron chi connectivity index (χ0n) is 36.2. The second-order valence-electron chi connectivity index (χ2n) is 19.6. The molecule has 0 saturated heterocycles. The fourth-order valence-corrected chi connectivity index (χ4v) is 8.15. The molecule has 5 aromatic carbocycles. The number of anilines is 2. The number of rotatable bonds is 7. The number of benzene rings is 5. The van der Waals surface area contributed by atoms with Crippen LogP contribution >= 0.6 is 0 Å². The van der Waals surface area contributed by atoms with Crippen molar-refractivity contribution in [3.63, 3.8) is 0 Å². The van der Waals surface area contributed by atoms with Crippen molar-refractivity contribution in [3.05, 3.63) is 168 Å². The highest BCUT2D eigenvalue weighted by atomic mass is 16.5. The van der Waals surface area contributed by atoms with Crippen LogP contribution in [0.1, 0.15) is 98.4 Å². The van der Waals surface area contributed by atoms with E-state index in [2.05, 4.69) is 218 Å². The second kappa shape index (κ2) is 14.2. The van der Waals surface area contributed by atoms with Crippen molar-refractivity contribution < 1.29 is 4.74 Å². The number of nitrogens with zero attached hydrogens (tertiary/aromatic N) is 4. The van der Waals surface area contributed by atoms with Gasteiger partial charge in [0.05, 0.1) is 17.7 Å². The Morgan fingerprint density at radius 3 is 1.86 bits per heavy atom. The first-order valence-corrected chi connectivity index (χ1v) is 20.6. The Kier molecular flexibility index (Phi) is 9.58. The number of hydrogen-bond donors (Lipinski definition) is 0. The van der Waals surface area contributed by atoms with Crippen molar-refractivity contribution in [2.45, 2.75) is 97.8 Å². The van der Waals surface area contributed by atoms with Crippen molar-refractivity contribution in [1.82, 2.24) is 9.55 Å². The largest absolute Gasteiger partial charge is 0.457 e. The topological polar surface area (TPSA) is 33.5 Å². The summed E-state index contributed by atoms with van der Waals surface area (Å²) in [6, 6.07) is 46.0. The van der Waals surface area contributed by atoms with E-state index in [4.69, 9.17) is 9.72 Å². The van der Waals surface area contributed by atoms with Crippen LogP contribution in [0.3, 0.4) is 0 Å². The van der Waals surface area contributed by atoms with Gasteiger partial charge in [0.15, 0.2) is 0 Å². The Morgan fingerprint density at radius 1 is 0.500 bits per heavy atom. The molecule has 5 heteroatoms. The zero-order chi connectivity index (χ0) is 41.2. The third-order valence-corrected chi connectivity index (χ3v) is 11.9. The summed E-state index contributed by atoms with van der Waals surface area (Å²) in [4.78, 5) is 9.74. The molecule has 5 nitrogen and oxygen atoms in total. The third kappa shape index (κ3) is 7.39. The maximum atomic E-state index is 6.76. The van der Waals surface area contributed by atoms with Crippen LogP contribution in [0.15, 0.2) is 145 Å². The standard InChI is InChI=1S/C53H58N4O/c1-50(2,3)37-19-15-21-41(29-37)56-35-55(34-48(56)53(10,11)36-17-13-12-14-18-36)40-20-16-22-42(32-40)58-43-24-25-44-45-30-38(51(4,5)6)23-26-46(45)57(47(44)33-43)49-31-39(27-28-54-49)52(7,8)9/h12-34H,35H2,1-11H3. The van der Waals surface area contributed by atoms with Gasteiger partial charge in [-0.1, -0.05) is 131 Å². The van der Waals surface area contributed by atoms with Crippen LogP contribution < -0.4 is 14.5 Å². The third-order valence-electron chi connectivity index (χ3n) is 11.9. The first-order valence-electron chi connectivity index (χ1n) is 20.6. The summed E-state index contributed by atoms with van der Waals surface area (Å²) >= 11 is 0. The average Bonchev–Trinajstić information content (AvgIpc) is 3.78. The number of aromatic nitrogens is 2. The molecule has 1 aliphatic rings. The van der Waals surface area contributed by atoms with Gasteiger partial charge < -0.3 is 14.5 Å². The van der Waals surface area contributed by atoms with Gasteiger partial charge >= 0.3 is 0 Å². The summed E-state index contributed by atoms with van der Waals surface area (Å²) in [7, 11) is 0.